The number of hydrogen-bond acceptors (Lipinski definition) is 5. The molecule has 5 rings (SSSR count). The van der Waals surface area contributed by atoms with Crippen molar-refractivity contribution in [3.8, 4) is 0 Å². The van der Waals surface area contributed by atoms with E-state index in [0.29, 0.717) is 49.0 Å². The van der Waals surface area contributed by atoms with Gasteiger partial charge in [-0.05, 0) is 68.9 Å². The van der Waals surface area contributed by atoms with Crippen LogP contribution in [0.25, 0.3) is 0 Å². The van der Waals surface area contributed by atoms with Crippen molar-refractivity contribution in [2.75, 3.05) is 68.1 Å². The molecule has 2 fully saturated rings. The van der Waals surface area contributed by atoms with Gasteiger partial charge in [0.1, 0.15) is 5.82 Å². The van der Waals surface area contributed by atoms with Crippen molar-refractivity contribution in [2.45, 2.75) is 18.9 Å². The maximum Gasteiger partial charge on any atom is 0.258 e. The van der Waals surface area contributed by atoms with E-state index in [1.807, 2.05) is 29.2 Å². The Hall–Kier alpha value is -3.13. The molecule has 1 N–H and O–H groups in total. The summed E-state index contributed by atoms with van der Waals surface area (Å²) in [5.74, 6) is -0.387. The summed E-state index contributed by atoms with van der Waals surface area (Å²) in [4.78, 5) is 32.9. The molecule has 0 spiro atoms. The molecular formula is C25H30FN5O2. The van der Waals surface area contributed by atoms with Gasteiger partial charge in [0.25, 0.3) is 5.91 Å². The summed E-state index contributed by atoms with van der Waals surface area (Å²) in [6, 6.07) is 11.3. The van der Waals surface area contributed by atoms with Crippen LogP contribution in [0.4, 0.5) is 21.5 Å². The van der Waals surface area contributed by atoms with Gasteiger partial charge in [-0.25, -0.2) is 4.39 Å². The number of nitrogens with zero attached hydrogens (tertiary/aromatic N) is 4. The van der Waals surface area contributed by atoms with Gasteiger partial charge in [-0.2, -0.15) is 0 Å². The zero-order valence-electron chi connectivity index (χ0n) is 19.2. The molecule has 33 heavy (non-hydrogen) atoms. The summed E-state index contributed by atoms with van der Waals surface area (Å²) in [5, 5.41) is 2.83. The fourth-order valence-electron chi connectivity index (χ4n) is 5.08. The maximum atomic E-state index is 15.1. The number of carbonyl (C=O) groups excluding carboxylic acids is 2. The van der Waals surface area contributed by atoms with E-state index >= 15 is 4.39 Å². The second-order valence-electron chi connectivity index (χ2n) is 9.31. The summed E-state index contributed by atoms with van der Waals surface area (Å²) in [5.41, 5.74) is 3.77. The molecule has 174 valence electrons. The first-order chi connectivity index (χ1) is 15.9. The van der Waals surface area contributed by atoms with Crippen LogP contribution in [0.5, 0.6) is 0 Å². The molecule has 8 heteroatoms. The highest BCUT2D eigenvalue weighted by molar-refractivity contribution is 6.08. The monoisotopic (exact) mass is 451 g/mol. The number of carbonyl (C=O) groups is 2. The Labute approximate surface area is 193 Å². The minimum absolute atomic E-state index is 0.0119. The zero-order chi connectivity index (χ0) is 23.1. The summed E-state index contributed by atoms with van der Waals surface area (Å²) < 4.78 is 15.1. The van der Waals surface area contributed by atoms with Gasteiger partial charge in [-0.1, -0.05) is 0 Å². The third-order valence-electron chi connectivity index (χ3n) is 7.05. The Bertz CT molecular complexity index is 1090. The predicted molar refractivity (Wildman–Crippen MR) is 128 cm³/mol. The first kappa shape index (κ1) is 21.7. The van der Waals surface area contributed by atoms with E-state index < -0.39 is 0 Å². The summed E-state index contributed by atoms with van der Waals surface area (Å²) in [6.07, 6.45) is 1.70. The summed E-state index contributed by atoms with van der Waals surface area (Å²) >= 11 is 0. The topological polar surface area (TPSA) is 59.1 Å². The van der Waals surface area contributed by atoms with Crippen LogP contribution in [0.15, 0.2) is 36.4 Å². The van der Waals surface area contributed by atoms with Gasteiger partial charge < -0.3 is 24.9 Å². The molecule has 2 aromatic carbocycles. The zero-order valence-corrected chi connectivity index (χ0v) is 19.2. The van der Waals surface area contributed by atoms with E-state index in [0.717, 1.165) is 37.3 Å². The molecular weight excluding hydrogens is 421 g/mol. The third-order valence-corrected chi connectivity index (χ3v) is 7.05. The van der Waals surface area contributed by atoms with Gasteiger partial charge in [0, 0.05) is 55.7 Å². The van der Waals surface area contributed by atoms with Crippen molar-refractivity contribution < 1.29 is 14.0 Å². The van der Waals surface area contributed by atoms with Crippen molar-refractivity contribution in [1.29, 1.82) is 0 Å². The summed E-state index contributed by atoms with van der Waals surface area (Å²) in [6.45, 7) is 3.84. The van der Waals surface area contributed by atoms with Crippen LogP contribution in [0, 0.1) is 5.82 Å². The smallest absolute Gasteiger partial charge is 0.258 e. The highest BCUT2D eigenvalue weighted by atomic mass is 19.1. The van der Waals surface area contributed by atoms with Crippen molar-refractivity contribution >= 4 is 28.9 Å². The lowest BCUT2D eigenvalue weighted by Crippen LogP contribution is -2.47. The highest BCUT2D eigenvalue weighted by Gasteiger charge is 2.29. The Morgan fingerprint density at radius 1 is 1.00 bits per heavy atom. The minimum atomic E-state index is -0.288. The molecule has 1 atom stereocenters. The van der Waals surface area contributed by atoms with E-state index in [1.165, 1.54) is 6.07 Å². The number of halogens is 1. The molecule has 2 saturated heterocycles. The van der Waals surface area contributed by atoms with Crippen LogP contribution < -0.4 is 20.0 Å². The number of benzene rings is 2. The molecule has 3 aliphatic rings. The molecule has 0 aromatic heterocycles. The fourth-order valence-corrected chi connectivity index (χ4v) is 5.08. The lowest BCUT2D eigenvalue weighted by Gasteiger charge is -2.32. The first-order valence-corrected chi connectivity index (χ1v) is 11.6. The minimum Gasteiger partial charge on any atom is -0.368 e. The SMILES string of the molecule is CN(C)[C@@H]1CCN(c2ccc(N3CCc4cc(N5CCNC(=O)C5)ccc4C3=O)cc2F)C1. The Kier molecular flexibility index (Phi) is 5.70. The maximum absolute atomic E-state index is 15.1. The Morgan fingerprint density at radius 3 is 2.55 bits per heavy atom. The number of piperazine rings is 1. The van der Waals surface area contributed by atoms with Gasteiger partial charge in [0.2, 0.25) is 5.91 Å². The van der Waals surface area contributed by atoms with Crippen LogP contribution in [0.2, 0.25) is 0 Å². The van der Waals surface area contributed by atoms with Crippen LogP contribution in [-0.2, 0) is 11.2 Å². The second-order valence-corrected chi connectivity index (χ2v) is 9.31. The second kappa shape index (κ2) is 8.67. The Balaban J connectivity index is 1.33. The predicted octanol–water partition coefficient (Wildman–Crippen LogP) is 2.11. The molecule has 2 aromatic rings. The van der Waals surface area contributed by atoms with Crippen LogP contribution in [-0.4, -0.2) is 76.1 Å². The van der Waals surface area contributed by atoms with Crippen molar-refractivity contribution in [2.24, 2.45) is 0 Å². The van der Waals surface area contributed by atoms with E-state index in [2.05, 4.69) is 29.2 Å². The molecule has 0 radical (unpaired) electrons. The van der Waals surface area contributed by atoms with Gasteiger partial charge >= 0.3 is 0 Å². The Morgan fingerprint density at radius 2 is 1.82 bits per heavy atom. The molecule has 3 aliphatic heterocycles. The number of anilines is 3. The molecule has 0 bridgehead atoms. The number of likely N-dealkylation sites (N-methyl/N-ethyl adjacent to an activating group) is 1. The normalized spacial score (nSPS) is 21.0. The van der Waals surface area contributed by atoms with Crippen LogP contribution >= 0.6 is 0 Å². The quantitative estimate of drug-likeness (QED) is 0.772. The fraction of sp³-hybridized carbons (Fsp3) is 0.440. The lowest BCUT2D eigenvalue weighted by atomic mass is 9.97. The van der Waals surface area contributed by atoms with Crippen LogP contribution in [0.1, 0.15) is 22.3 Å². The summed E-state index contributed by atoms with van der Waals surface area (Å²) in [7, 11) is 4.11. The van der Waals surface area contributed by atoms with E-state index in [4.69, 9.17) is 0 Å². The number of nitrogens with one attached hydrogen (secondary N) is 1. The third kappa shape index (κ3) is 4.15. The van der Waals surface area contributed by atoms with Gasteiger partial charge in [-0.15, -0.1) is 0 Å². The average Bonchev–Trinajstić information content (AvgIpc) is 3.29. The number of rotatable bonds is 4. The molecule has 3 heterocycles. The van der Waals surface area contributed by atoms with E-state index in [-0.39, 0.29) is 17.6 Å². The largest absolute Gasteiger partial charge is 0.368 e. The van der Waals surface area contributed by atoms with Crippen molar-refractivity contribution in [1.82, 2.24) is 10.2 Å². The van der Waals surface area contributed by atoms with Crippen molar-refractivity contribution in [3.05, 3.63) is 53.3 Å². The molecule has 2 amide bonds. The van der Waals surface area contributed by atoms with Crippen molar-refractivity contribution in [3.63, 3.8) is 0 Å². The van der Waals surface area contributed by atoms with Gasteiger partial charge in [0.05, 0.1) is 12.2 Å². The molecule has 7 nitrogen and oxygen atoms in total. The van der Waals surface area contributed by atoms with Gasteiger partial charge in [0.15, 0.2) is 0 Å². The number of fused-ring (bicyclic) bond motifs is 1. The molecule has 0 aliphatic carbocycles. The lowest BCUT2D eigenvalue weighted by molar-refractivity contribution is -0.120. The van der Waals surface area contributed by atoms with E-state index in [1.54, 1.807) is 11.0 Å². The first-order valence-electron chi connectivity index (χ1n) is 11.6. The number of hydrogen-bond donors (Lipinski definition) is 1. The highest BCUT2D eigenvalue weighted by Crippen LogP contribution is 2.32. The molecule has 0 unspecified atom stereocenters. The van der Waals surface area contributed by atoms with E-state index in [9.17, 15) is 9.59 Å². The average molecular weight is 452 g/mol. The molecule has 0 saturated carbocycles. The van der Waals surface area contributed by atoms with Crippen LogP contribution in [0.3, 0.4) is 0 Å². The van der Waals surface area contributed by atoms with Gasteiger partial charge in [-0.3, -0.25) is 9.59 Å². The standard InChI is InChI=1S/C25H30FN5O2/c1-28(2)20-8-10-30(15-20)23-6-4-19(14-22(23)26)31-11-7-17-13-18(3-5-21(17)25(31)33)29-12-9-27-24(32)16-29/h3-6,13-14,20H,7-12,15-16H2,1-2H3,(H,27,32)/t20-/m1/s1. The number of amides is 2.